The third-order valence-electron chi connectivity index (χ3n) is 2.90. The van der Waals surface area contributed by atoms with Crippen LogP contribution >= 0.6 is 15.9 Å². The normalized spacial score (nSPS) is 13.2. The predicted octanol–water partition coefficient (Wildman–Crippen LogP) is 3.22. The zero-order chi connectivity index (χ0) is 11.7. The zero-order valence-electron chi connectivity index (χ0n) is 9.70. The van der Waals surface area contributed by atoms with Crippen molar-refractivity contribution in [1.29, 1.82) is 0 Å². The molecule has 1 atom stereocenters. The summed E-state index contributed by atoms with van der Waals surface area (Å²) in [5.41, 5.74) is 8.47. The third-order valence-corrected chi connectivity index (χ3v) is 3.40. The van der Waals surface area contributed by atoms with E-state index < -0.39 is 0 Å². The maximum atomic E-state index is 5.80. The quantitative estimate of drug-likeness (QED) is 0.920. The molecule has 0 fully saturated rings. The van der Waals surface area contributed by atoms with Crippen LogP contribution in [-0.4, -0.2) is 10.6 Å². The Morgan fingerprint density at radius 3 is 2.88 bits per heavy atom. The molecule has 1 heterocycles. The summed E-state index contributed by atoms with van der Waals surface area (Å²) in [7, 11) is 2.09. The Labute approximate surface area is 105 Å². The van der Waals surface area contributed by atoms with Crippen LogP contribution in [0.3, 0.4) is 0 Å². The van der Waals surface area contributed by atoms with Crippen LogP contribution in [0.4, 0.5) is 0 Å². The maximum absolute atomic E-state index is 5.80. The summed E-state index contributed by atoms with van der Waals surface area (Å²) in [6, 6.07) is 6.68. The standard InChI is InChI=1S/C13H17BrN2/c1-9(15)3-4-10-8-16(2)13-6-5-11(14)7-12(10)13/h5-9H,3-4,15H2,1-2H3. The molecule has 0 aliphatic heterocycles. The van der Waals surface area contributed by atoms with Gasteiger partial charge in [-0.25, -0.2) is 0 Å². The minimum absolute atomic E-state index is 0.266. The minimum Gasteiger partial charge on any atom is -0.350 e. The van der Waals surface area contributed by atoms with Crippen LogP contribution in [0.5, 0.6) is 0 Å². The summed E-state index contributed by atoms with van der Waals surface area (Å²) in [4.78, 5) is 0. The first kappa shape index (κ1) is 11.7. The molecular weight excluding hydrogens is 264 g/mol. The smallest absolute Gasteiger partial charge is 0.0481 e. The summed E-state index contributed by atoms with van der Waals surface area (Å²) < 4.78 is 3.31. The highest BCUT2D eigenvalue weighted by Gasteiger charge is 2.07. The van der Waals surface area contributed by atoms with Gasteiger partial charge in [-0.1, -0.05) is 15.9 Å². The summed E-state index contributed by atoms with van der Waals surface area (Å²) in [5.74, 6) is 0. The molecule has 2 rings (SSSR count). The molecule has 1 aromatic heterocycles. The predicted molar refractivity (Wildman–Crippen MR) is 72.6 cm³/mol. The fraction of sp³-hybridized carbons (Fsp3) is 0.385. The molecule has 0 aliphatic rings. The summed E-state index contributed by atoms with van der Waals surface area (Å²) >= 11 is 3.52. The molecule has 0 saturated heterocycles. The van der Waals surface area contributed by atoms with Gasteiger partial charge in [0.15, 0.2) is 0 Å². The van der Waals surface area contributed by atoms with E-state index in [-0.39, 0.29) is 6.04 Å². The second kappa shape index (κ2) is 4.60. The van der Waals surface area contributed by atoms with Crippen molar-refractivity contribution in [3.63, 3.8) is 0 Å². The van der Waals surface area contributed by atoms with Gasteiger partial charge in [-0.3, -0.25) is 0 Å². The van der Waals surface area contributed by atoms with Crippen LogP contribution in [0.25, 0.3) is 10.9 Å². The molecule has 16 heavy (non-hydrogen) atoms. The molecule has 0 spiro atoms. The van der Waals surface area contributed by atoms with E-state index in [2.05, 4.69) is 58.9 Å². The van der Waals surface area contributed by atoms with E-state index in [0.717, 1.165) is 17.3 Å². The molecule has 86 valence electrons. The van der Waals surface area contributed by atoms with Gasteiger partial charge in [0.05, 0.1) is 0 Å². The first-order chi connectivity index (χ1) is 7.58. The number of nitrogens with zero attached hydrogens (tertiary/aromatic N) is 1. The lowest BCUT2D eigenvalue weighted by atomic mass is 10.1. The largest absolute Gasteiger partial charge is 0.350 e. The molecule has 0 radical (unpaired) electrons. The van der Waals surface area contributed by atoms with Crippen molar-refractivity contribution >= 4 is 26.8 Å². The Hall–Kier alpha value is -0.800. The van der Waals surface area contributed by atoms with Crippen LogP contribution in [0.2, 0.25) is 0 Å². The third kappa shape index (κ3) is 2.30. The lowest BCUT2D eigenvalue weighted by Gasteiger charge is -2.03. The van der Waals surface area contributed by atoms with Gasteiger partial charge in [-0.05, 0) is 43.5 Å². The van der Waals surface area contributed by atoms with Crippen LogP contribution in [0.15, 0.2) is 28.9 Å². The van der Waals surface area contributed by atoms with Gasteiger partial charge in [-0.15, -0.1) is 0 Å². The first-order valence-corrected chi connectivity index (χ1v) is 6.36. The lowest BCUT2D eigenvalue weighted by Crippen LogP contribution is -2.15. The van der Waals surface area contributed by atoms with E-state index in [9.17, 15) is 0 Å². The van der Waals surface area contributed by atoms with Crippen molar-refractivity contribution in [2.45, 2.75) is 25.8 Å². The highest BCUT2D eigenvalue weighted by molar-refractivity contribution is 9.10. The Morgan fingerprint density at radius 2 is 2.19 bits per heavy atom. The van der Waals surface area contributed by atoms with Gasteiger partial charge in [0, 0.05) is 34.7 Å². The number of aryl methyl sites for hydroxylation is 2. The summed E-state index contributed by atoms with van der Waals surface area (Å²) in [6.07, 6.45) is 4.29. The minimum atomic E-state index is 0.266. The molecule has 2 nitrogen and oxygen atoms in total. The van der Waals surface area contributed by atoms with Gasteiger partial charge in [-0.2, -0.15) is 0 Å². The number of nitrogens with two attached hydrogens (primary N) is 1. The molecule has 0 saturated carbocycles. The summed E-state index contributed by atoms with van der Waals surface area (Å²) in [6.45, 7) is 2.06. The van der Waals surface area contributed by atoms with Gasteiger partial charge >= 0.3 is 0 Å². The van der Waals surface area contributed by atoms with Gasteiger partial charge in [0.25, 0.3) is 0 Å². The Bertz CT molecular complexity index is 500. The summed E-state index contributed by atoms with van der Waals surface area (Å²) in [5, 5.41) is 1.33. The van der Waals surface area contributed by atoms with E-state index in [1.807, 2.05) is 0 Å². The van der Waals surface area contributed by atoms with E-state index in [1.165, 1.54) is 16.5 Å². The molecule has 0 amide bonds. The van der Waals surface area contributed by atoms with Gasteiger partial charge in [0.1, 0.15) is 0 Å². The monoisotopic (exact) mass is 280 g/mol. The van der Waals surface area contributed by atoms with Crippen LogP contribution < -0.4 is 5.73 Å². The van der Waals surface area contributed by atoms with E-state index in [4.69, 9.17) is 5.73 Å². The number of hydrogen-bond donors (Lipinski definition) is 1. The molecule has 0 bridgehead atoms. The average molecular weight is 281 g/mol. The Balaban J connectivity index is 2.41. The average Bonchev–Trinajstić information content (AvgIpc) is 2.52. The van der Waals surface area contributed by atoms with Crippen LogP contribution in [-0.2, 0) is 13.5 Å². The molecule has 1 aromatic carbocycles. The van der Waals surface area contributed by atoms with Crippen molar-refractivity contribution in [3.8, 4) is 0 Å². The van der Waals surface area contributed by atoms with E-state index in [1.54, 1.807) is 0 Å². The lowest BCUT2D eigenvalue weighted by molar-refractivity contribution is 0.667. The number of halogens is 1. The topological polar surface area (TPSA) is 30.9 Å². The second-order valence-electron chi connectivity index (χ2n) is 4.44. The molecule has 1 unspecified atom stereocenters. The zero-order valence-corrected chi connectivity index (χ0v) is 11.3. The fourth-order valence-electron chi connectivity index (χ4n) is 2.03. The second-order valence-corrected chi connectivity index (χ2v) is 5.36. The fourth-order valence-corrected chi connectivity index (χ4v) is 2.39. The van der Waals surface area contributed by atoms with Crippen molar-refractivity contribution in [3.05, 3.63) is 34.4 Å². The highest BCUT2D eigenvalue weighted by Crippen LogP contribution is 2.25. The van der Waals surface area contributed by atoms with E-state index >= 15 is 0 Å². The molecule has 0 aliphatic carbocycles. The van der Waals surface area contributed by atoms with Gasteiger partial charge < -0.3 is 10.3 Å². The first-order valence-electron chi connectivity index (χ1n) is 5.57. The Morgan fingerprint density at radius 1 is 1.44 bits per heavy atom. The molecule has 2 N–H and O–H groups in total. The number of benzene rings is 1. The van der Waals surface area contributed by atoms with Crippen LogP contribution in [0, 0.1) is 0 Å². The molecule has 2 aromatic rings. The highest BCUT2D eigenvalue weighted by atomic mass is 79.9. The SMILES string of the molecule is CC(N)CCc1cn(C)c2ccc(Br)cc12. The van der Waals surface area contributed by atoms with Crippen molar-refractivity contribution in [2.75, 3.05) is 0 Å². The van der Waals surface area contributed by atoms with Crippen molar-refractivity contribution < 1.29 is 0 Å². The van der Waals surface area contributed by atoms with E-state index in [0.29, 0.717) is 0 Å². The van der Waals surface area contributed by atoms with Crippen molar-refractivity contribution in [2.24, 2.45) is 12.8 Å². The number of fused-ring (bicyclic) bond motifs is 1. The Kier molecular flexibility index (Phi) is 3.36. The van der Waals surface area contributed by atoms with Crippen LogP contribution in [0.1, 0.15) is 18.9 Å². The number of aromatic nitrogens is 1. The van der Waals surface area contributed by atoms with Gasteiger partial charge in [0.2, 0.25) is 0 Å². The number of rotatable bonds is 3. The molecular formula is C13H17BrN2. The maximum Gasteiger partial charge on any atom is 0.0481 e. The molecule has 3 heteroatoms. The number of hydrogen-bond acceptors (Lipinski definition) is 1. The van der Waals surface area contributed by atoms with Crippen molar-refractivity contribution in [1.82, 2.24) is 4.57 Å².